The molecule has 1 N–H and O–H groups in total. The fraction of sp³-hybridized carbons (Fsp3) is 0.154. The van der Waals surface area contributed by atoms with E-state index in [4.69, 9.17) is 4.74 Å². The van der Waals surface area contributed by atoms with Crippen LogP contribution in [0.25, 0.3) is 6.08 Å². The van der Waals surface area contributed by atoms with E-state index in [1.807, 2.05) is 36.4 Å². The maximum absolute atomic E-state index is 12.5. The molecule has 0 aliphatic carbocycles. The third-order valence-corrected chi connectivity index (χ3v) is 5.44. The molecular weight excluding hydrogens is 498 g/mol. The monoisotopic (exact) mass is 519 g/mol. The molecule has 0 fully saturated rings. The third-order valence-electron chi connectivity index (χ3n) is 4.95. The molecule has 3 rings (SSSR count). The summed E-state index contributed by atoms with van der Waals surface area (Å²) >= 11 is 3.40. The summed E-state index contributed by atoms with van der Waals surface area (Å²) in [5.41, 5.74) is 2.48. The lowest BCUT2D eigenvalue weighted by Gasteiger charge is -2.11. The number of carbonyl (C=O) groups is 1. The molecule has 0 bridgehead atoms. The number of rotatable bonds is 10. The van der Waals surface area contributed by atoms with Gasteiger partial charge in [0.1, 0.15) is 24.0 Å². The maximum atomic E-state index is 12.5. The van der Waals surface area contributed by atoms with Crippen LogP contribution in [0, 0.1) is 21.4 Å². The molecule has 1 amide bonds. The Bertz CT molecular complexity index is 1220. The van der Waals surface area contributed by atoms with Crippen LogP contribution in [0.15, 0.2) is 82.8 Å². The summed E-state index contributed by atoms with van der Waals surface area (Å²) in [6, 6.07) is 23.3. The standard InChI is InChI=1S/C26H22BrN3O4/c27-23-10-13-25(34-18-20-8-11-24(12-9-20)30(32)33)21(16-23)15-22(17-28)26(31)29-14-4-7-19-5-2-1-3-6-19/h1-3,5-6,8-13,15-16H,4,7,14,18H2,(H,29,31)/b22-15-. The average molecular weight is 520 g/mol. The van der Waals surface area contributed by atoms with Crippen LogP contribution in [-0.4, -0.2) is 17.4 Å². The van der Waals surface area contributed by atoms with Crippen molar-refractivity contribution in [2.45, 2.75) is 19.4 Å². The van der Waals surface area contributed by atoms with Gasteiger partial charge in [-0.05, 0) is 60.4 Å². The normalized spacial score (nSPS) is 10.9. The minimum atomic E-state index is -0.460. The fourth-order valence-electron chi connectivity index (χ4n) is 3.18. The van der Waals surface area contributed by atoms with Gasteiger partial charge in [0.25, 0.3) is 11.6 Å². The van der Waals surface area contributed by atoms with E-state index < -0.39 is 10.8 Å². The molecule has 172 valence electrons. The van der Waals surface area contributed by atoms with Crippen LogP contribution < -0.4 is 10.1 Å². The van der Waals surface area contributed by atoms with Crippen molar-refractivity contribution in [3.05, 3.63) is 110 Å². The van der Waals surface area contributed by atoms with Crippen molar-refractivity contribution in [2.24, 2.45) is 0 Å². The third kappa shape index (κ3) is 7.29. The number of hydrogen-bond donors (Lipinski definition) is 1. The first-order valence-corrected chi connectivity index (χ1v) is 11.3. The molecule has 0 saturated carbocycles. The van der Waals surface area contributed by atoms with Crippen LogP contribution in [0.2, 0.25) is 0 Å². The number of ether oxygens (including phenoxy) is 1. The van der Waals surface area contributed by atoms with Crippen LogP contribution in [0.1, 0.15) is 23.1 Å². The molecule has 0 unspecified atom stereocenters. The number of non-ortho nitro benzene ring substituents is 1. The molecule has 3 aromatic carbocycles. The smallest absolute Gasteiger partial charge is 0.269 e. The van der Waals surface area contributed by atoms with Crippen LogP contribution in [-0.2, 0) is 17.8 Å². The van der Waals surface area contributed by atoms with Gasteiger partial charge in [0.05, 0.1) is 4.92 Å². The van der Waals surface area contributed by atoms with Crippen LogP contribution in [0.5, 0.6) is 5.75 Å². The van der Waals surface area contributed by atoms with Gasteiger partial charge in [-0.25, -0.2) is 0 Å². The summed E-state index contributed by atoms with van der Waals surface area (Å²) in [6.07, 6.45) is 3.08. The number of nitrogens with zero attached hydrogens (tertiary/aromatic N) is 2. The number of carbonyl (C=O) groups excluding carboxylic acids is 1. The summed E-state index contributed by atoms with van der Waals surface area (Å²) in [6.45, 7) is 0.628. The lowest BCUT2D eigenvalue weighted by atomic mass is 10.1. The van der Waals surface area contributed by atoms with E-state index in [0.717, 1.165) is 22.9 Å². The molecular formula is C26H22BrN3O4. The van der Waals surface area contributed by atoms with Crippen molar-refractivity contribution in [1.29, 1.82) is 5.26 Å². The van der Waals surface area contributed by atoms with Gasteiger partial charge in [-0.2, -0.15) is 5.26 Å². The van der Waals surface area contributed by atoms with Gasteiger partial charge >= 0.3 is 0 Å². The van der Waals surface area contributed by atoms with E-state index in [1.54, 1.807) is 30.3 Å². The average Bonchev–Trinajstić information content (AvgIpc) is 2.85. The summed E-state index contributed by atoms with van der Waals surface area (Å²) in [7, 11) is 0. The van der Waals surface area contributed by atoms with Crippen molar-refractivity contribution in [3.8, 4) is 11.8 Å². The second-order valence-electron chi connectivity index (χ2n) is 7.41. The Kier molecular flexibility index (Phi) is 8.95. The zero-order valence-electron chi connectivity index (χ0n) is 18.2. The van der Waals surface area contributed by atoms with Crippen molar-refractivity contribution < 1.29 is 14.5 Å². The van der Waals surface area contributed by atoms with Crippen LogP contribution in [0.3, 0.4) is 0 Å². The van der Waals surface area contributed by atoms with Crippen molar-refractivity contribution in [3.63, 3.8) is 0 Å². The molecule has 8 heteroatoms. The first-order chi connectivity index (χ1) is 16.5. The maximum Gasteiger partial charge on any atom is 0.269 e. The predicted octanol–water partition coefficient (Wildman–Crippen LogP) is 5.59. The Hall–Kier alpha value is -3.96. The lowest BCUT2D eigenvalue weighted by Crippen LogP contribution is -2.25. The number of benzene rings is 3. The number of aryl methyl sites for hydroxylation is 1. The highest BCUT2D eigenvalue weighted by Crippen LogP contribution is 2.27. The molecule has 0 heterocycles. The predicted molar refractivity (Wildman–Crippen MR) is 133 cm³/mol. The number of amides is 1. The summed E-state index contributed by atoms with van der Waals surface area (Å²) in [5.74, 6) is 0.0306. The van der Waals surface area contributed by atoms with Gasteiger partial charge in [0.15, 0.2) is 0 Å². The van der Waals surface area contributed by atoms with E-state index >= 15 is 0 Å². The van der Waals surface area contributed by atoms with E-state index in [0.29, 0.717) is 17.9 Å². The molecule has 34 heavy (non-hydrogen) atoms. The largest absolute Gasteiger partial charge is 0.488 e. The second-order valence-corrected chi connectivity index (χ2v) is 8.32. The van der Waals surface area contributed by atoms with Gasteiger partial charge in [0, 0.05) is 28.7 Å². The van der Waals surface area contributed by atoms with Gasteiger partial charge in [-0.15, -0.1) is 0 Å². The minimum Gasteiger partial charge on any atom is -0.488 e. The van der Waals surface area contributed by atoms with E-state index in [2.05, 4.69) is 21.2 Å². The molecule has 0 aliphatic heterocycles. The van der Waals surface area contributed by atoms with Gasteiger partial charge in [-0.3, -0.25) is 14.9 Å². The van der Waals surface area contributed by atoms with Crippen LogP contribution >= 0.6 is 15.9 Å². The summed E-state index contributed by atoms with van der Waals surface area (Å²) in [5, 5.41) is 23.1. The Morgan fingerprint density at radius 2 is 1.82 bits per heavy atom. The van der Waals surface area contributed by atoms with Crippen molar-refractivity contribution in [1.82, 2.24) is 5.32 Å². The van der Waals surface area contributed by atoms with Gasteiger partial charge in [-0.1, -0.05) is 46.3 Å². The molecule has 0 radical (unpaired) electrons. The molecule has 0 spiro atoms. The molecule has 7 nitrogen and oxygen atoms in total. The highest BCUT2D eigenvalue weighted by molar-refractivity contribution is 9.10. The number of nitro groups is 1. The Labute approximate surface area is 206 Å². The summed E-state index contributed by atoms with van der Waals surface area (Å²) < 4.78 is 6.64. The van der Waals surface area contributed by atoms with E-state index in [-0.39, 0.29) is 17.9 Å². The Morgan fingerprint density at radius 3 is 2.50 bits per heavy atom. The van der Waals surface area contributed by atoms with Crippen LogP contribution in [0.4, 0.5) is 5.69 Å². The lowest BCUT2D eigenvalue weighted by molar-refractivity contribution is -0.384. The fourth-order valence-corrected chi connectivity index (χ4v) is 3.56. The minimum absolute atomic E-state index is 0.00413. The van der Waals surface area contributed by atoms with Crippen molar-refractivity contribution >= 4 is 33.6 Å². The molecule has 3 aromatic rings. The number of hydrogen-bond acceptors (Lipinski definition) is 5. The zero-order valence-corrected chi connectivity index (χ0v) is 19.8. The Balaban J connectivity index is 1.64. The molecule has 0 aromatic heterocycles. The first kappa shape index (κ1) is 24.7. The highest BCUT2D eigenvalue weighted by atomic mass is 79.9. The number of halogens is 1. The number of nitro benzene ring substituents is 1. The SMILES string of the molecule is N#C/C(=C/c1cc(Br)ccc1OCc1ccc([N+](=O)[O-])cc1)C(=O)NCCCc1ccccc1. The number of nitrogens with one attached hydrogen (secondary N) is 1. The first-order valence-electron chi connectivity index (χ1n) is 10.6. The van der Waals surface area contributed by atoms with Crippen molar-refractivity contribution in [2.75, 3.05) is 6.54 Å². The molecule has 0 atom stereocenters. The van der Waals surface area contributed by atoms with E-state index in [1.165, 1.54) is 23.8 Å². The van der Waals surface area contributed by atoms with Gasteiger partial charge < -0.3 is 10.1 Å². The Morgan fingerprint density at radius 1 is 1.09 bits per heavy atom. The molecule has 0 aliphatic rings. The topological polar surface area (TPSA) is 105 Å². The zero-order chi connectivity index (χ0) is 24.3. The highest BCUT2D eigenvalue weighted by Gasteiger charge is 2.12. The molecule has 0 saturated heterocycles. The second kappa shape index (κ2) is 12.3. The number of nitriles is 1. The van der Waals surface area contributed by atoms with Gasteiger partial charge in [0.2, 0.25) is 0 Å². The summed E-state index contributed by atoms with van der Waals surface area (Å²) in [4.78, 5) is 22.9. The van der Waals surface area contributed by atoms with E-state index in [9.17, 15) is 20.2 Å². The quantitative estimate of drug-likeness (QED) is 0.123.